The number of ether oxygens (including phenoxy) is 2. The Kier molecular flexibility index (Phi) is 10.9. The quantitative estimate of drug-likeness (QED) is 0.216. The minimum atomic E-state index is -0.272. The van der Waals surface area contributed by atoms with Gasteiger partial charge in [-0.1, -0.05) is 68.3 Å². The van der Waals surface area contributed by atoms with E-state index in [-0.39, 0.29) is 5.91 Å². The molecule has 0 unspecified atom stereocenters. The summed E-state index contributed by atoms with van der Waals surface area (Å²) in [7, 11) is 0. The van der Waals surface area contributed by atoms with Gasteiger partial charge in [0.15, 0.2) is 11.5 Å². The lowest BCUT2D eigenvalue weighted by Crippen LogP contribution is -2.17. The van der Waals surface area contributed by atoms with Crippen LogP contribution in [0.3, 0.4) is 0 Å². The second-order valence-corrected chi connectivity index (χ2v) is 7.85. The largest absolute Gasteiger partial charge is 0.490 e. The molecule has 0 saturated heterocycles. The van der Waals surface area contributed by atoms with Gasteiger partial charge in [0.05, 0.1) is 24.5 Å². The van der Waals surface area contributed by atoms with Gasteiger partial charge in [-0.15, -0.1) is 0 Å². The molecule has 0 aliphatic heterocycles. The SMILES string of the molecule is CCCCCCCCOc1c(Cl)cc(/C=N/NC(=O)c2ccc(C)cc2)cc1OCC. The fraction of sp³-hybridized carbons (Fsp3) is 0.440. The van der Waals surface area contributed by atoms with Crippen molar-refractivity contribution in [2.24, 2.45) is 5.10 Å². The number of carbonyl (C=O) groups excluding carboxylic acids is 1. The average Bonchev–Trinajstić information content (AvgIpc) is 2.75. The number of nitrogens with zero attached hydrogens (tertiary/aromatic N) is 1. The first-order valence-corrected chi connectivity index (χ1v) is 11.4. The summed E-state index contributed by atoms with van der Waals surface area (Å²) in [6.45, 7) is 7.20. The number of carbonyl (C=O) groups is 1. The van der Waals surface area contributed by atoms with Gasteiger partial charge in [-0.3, -0.25) is 4.79 Å². The van der Waals surface area contributed by atoms with E-state index in [9.17, 15) is 4.79 Å². The number of benzene rings is 2. The molecule has 0 fully saturated rings. The predicted molar refractivity (Wildman–Crippen MR) is 128 cm³/mol. The van der Waals surface area contributed by atoms with Crippen molar-refractivity contribution in [3.8, 4) is 11.5 Å². The maximum atomic E-state index is 12.2. The molecule has 0 atom stereocenters. The second kappa shape index (κ2) is 13.7. The molecule has 0 aromatic heterocycles. The van der Waals surface area contributed by atoms with Crippen LogP contribution in [0.2, 0.25) is 5.02 Å². The number of hydrazone groups is 1. The molecular weight excluding hydrogens is 412 g/mol. The maximum Gasteiger partial charge on any atom is 0.271 e. The zero-order valence-electron chi connectivity index (χ0n) is 18.7. The van der Waals surface area contributed by atoms with Crippen LogP contribution in [0.5, 0.6) is 11.5 Å². The monoisotopic (exact) mass is 444 g/mol. The third kappa shape index (κ3) is 8.62. The van der Waals surface area contributed by atoms with E-state index in [4.69, 9.17) is 21.1 Å². The van der Waals surface area contributed by atoms with Crippen LogP contribution in [0.15, 0.2) is 41.5 Å². The first-order valence-electron chi connectivity index (χ1n) is 11.0. The number of hydrogen-bond donors (Lipinski definition) is 1. The summed E-state index contributed by atoms with van der Waals surface area (Å²) < 4.78 is 11.6. The number of hydrogen-bond acceptors (Lipinski definition) is 4. The van der Waals surface area contributed by atoms with Crippen molar-refractivity contribution in [1.29, 1.82) is 0 Å². The predicted octanol–water partition coefficient (Wildman–Crippen LogP) is 6.55. The lowest BCUT2D eigenvalue weighted by molar-refractivity contribution is 0.0955. The number of halogens is 1. The molecule has 0 aliphatic rings. The zero-order chi connectivity index (χ0) is 22.5. The fourth-order valence-electron chi connectivity index (χ4n) is 3.06. The van der Waals surface area contributed by atoms with Crippen molar-refractivity contribution >= 4 is 23.7 Å². The maximum absolute atomic E-state index is 12.2. The van der Waals surface area contributed by atoms with Crippen LogP contribution in [-0.2, 0) is 0 Å². The van der Waals surface area contributed by atoms with Crippen molar-refractivity contribution in [2.75, 3.05) is 13.2 Å². The normalized spacial score (nSPS) is 11.0. The molecule has 2 rings (SSSR count). The van der Waals surface area contributed by atoms with Gasteiger partial charge in [0, 0.05) is 5.56 Å². The molecule has 5 nitrogen and oxygen atoms in total. The molecule has 6 heteroatoms. The highest BCUT2D eigenvalue weighted by Gasteiger charge is 2.12. The minimum Gasteiger partial charge on any atom is -0.490 e. The number of amides is 1. The average molecular weight is 445 g/mol. The fourth-order valence-corrected chi connectivity index (χ4v) is 3.33. The van der Waals surface area contributed by atoms with E-state index in [2.05, 4.69) is 17.5 Å². The standard InChI is InChI=1S/C25H33ClN2O3/c1-4-6-7-8-9-10-15-31-24-22(26)16-20(17-23(24)30-5-2)18-27-28-25(29)21-13-11-19(3)12-14-21/h11-14,16-18H,4-10,15H2,1-3H3,(H,28,29)/b27-18+. The lowest BCUT2D eigenvalue weighted by Gasteiger charge is -2.14. The third-order valence-corrected chi connectivity index (χ3v) is 5.05. The molecule has 0 spiro atoms. The Morgan fingerprint density at radius 2 is 1.74 bits per heavy atom. The second-order valence-electron chi connectivity index (χ2n) is 7.44. The van der Waals surface area contributed by atoms with Gasteiger partial charge >= 0.3 is 0 Å². The van der Waals surface area contributed by atoms with Crippen molar-refractivity contribution in [3.63, 3.8) is 0 Å². The van der Waals surface area contributed by atoms with Gasteiger partial charge in [-0.05, 0) is 50.1 Å². The highest BCUT2D eigenvalue weighted by Crippen LogP contribution is 2.36. The first kappa shape index (κ1) is 24.7. The molecular formula is C25H33ClN2O3. The van der Waals surface area contributed by atoms with E-state index in [0.717, 1.165) is 18.4 Å². The Morgan fingerprint density at radius 1 is 1.03 bits per heavy atom. The molecule has 2 aromatic carbocycles. The highest BCUT2D eigenvalue weighted by atomic mass is 35.5. The summed E-state index contributed by atoms with van der Waals surface area (Å²) in [4.78, 5) is 12.2. The Labute approximate surface area is 190 Å². The molecule has 0 saturated carbocycles. The molecule has 2 aromatic rings. The van der Waals surface area contributed by atoms with Crippen molar-refractivity contribution in [1.82, 2.24) is 5.43 Å². The molecule has 0 heterocycles. The summed E-state index contributed by atoms with van der Waals surface area (Å²) in [6.07, 6.45) is 8.71. The van der Waals surface area contributed by atoms with Crippen LogP contribution in [0, 0.1) is 6.92 Å². The summed E-state index contributed by atoms with van der Waals surface area (Å²) in [6, 6.07) is 10.9. The van der Waals surface area contributed by atoms with Gasteiger partial charge in [-0.25, -0.2) is 5.43 Å². The van der Waals surface area contributed by atoms with Crippen LogP contribution in [-0.4, -0.2) is 25.3 Å². The Bertz CT molecular complexity index is 851. The van der Waals surface area contributed by atoms with Crippen LogP contribution in [0.25, 0.3) is 0 Å². The van der Waals surface area contributed by atoms with Gasteiger partial charge < -0.3 is 9.47 Å². The van der Waals surface area contributed by atoms with E-state index in [0.29, 0.717) is 40.9 Å². The number of aryl methyl sites for hydroxylation is 1. The van der Waals surface area contributed by atoms with Crippen LogP contribution in [0.1, 0.15) is 73.9 Å². The van der Waals surface area contributed by atoms with Crippen LogP contribution in [0.4, 0.5) is 0 Å². The Morgan fingerprint density at radius 3 is 2.45 bits per heavy atom. The summed E-state index contributed by atoms with van der Waals surface area (Å²) in [5.74, 6) is 0.858. The highest BCUT2D eigenvalue weighted by molar-refractivity contribution is 6.32. The Balaban J connectivity index is 1.95. The summed E-state index contributed by atoms with van der Waals surface area (Å²) in [5.41, 5.74) is 4.89. The van der Waals surface area contributed by atoms with E-state index >= 15 is 0 Å². The molecule has 1 amide bonds. The Hall–Kier alpha value is -2.53. The van der Waals surface area contributed by atoms with E-state index in [1.165, 1.54) is 31.9 Å². The third-order valence-electron chi connectivity index (χ3n) is 4.77. The number of rotatable bonds is 13. The smallest absolute Gasteiger partial charge is 0.271 e. The molecule has 0 aliphatic carbocycles. The van der Waals surface area contributed by atoms with E-state index < -0.39 is 0 Å². The van der Waals surface area contributed by atoms with Crippen molar-refractivity contribution in [2.45, 2.75) is 59.3 Å². The molecule has 168 valence electrons. The van der Waals surface area contributed by atoms with Crippen molar-refractivity contribution < 1.29 is 14.3 Å². The van der Waals surface area contributed by atoms with Gasteiger partial charge in [0.2, 0.25) is 0 Å². The zero-order valence-corrected chi connectivity index (χ0v) is 19.5. The topological polar surface area (TPSA) is 59.9 Å². The van der Waals surface area contributed by atoms with Gasteiger partial charge in [0.25, 0.3) is 5.91 Å². The first-order chi connectivity index (χ1) is 15.0. The summed E-state index contributed by atoms with van der Waals surface area (Å²) in [5, 5.41) is 4.51. The minimum absolute atomic E-state index is 0.272. The molecule has 0 radical (unpaired) electrons. The van der Waals surface area contributed by atoms with E-state index in [1.54, 1.807) is 18.2 Å². The number of unbranched alkanes of at least 4 members (excludes halogenated alkanes) is 5. The van der Waals surface area contributed by atoms with Crippen LogP contribution >= 0.6 is 11.6 Å². The van der Waals surface area contributed by atoms with E-state index in [1.807, 2.05) is 32.0 Å². The van der Waals surface area contributed by atoms with Gasteiger partial charge in [-0.2, -0.15) is 5.10 Å². The lowest BCUT2D eigenvalue weighted by atomic mass is 10.1. The van der Waals surface area contributed by atoms with Crippen LogP contribution < -0.4 is 14.9 Å². The van der Waals surface area contributed by atoms with Crippen molar-refractivity contribution in [3.05, 3.63) is 58.1 Å². The summed E-state index contributed by atoms with van der Waals surface area (Å²) >= 11 is 6.45. The molecule has 1 N–H and O–H groups in total. The van der Waals surface area contributed by atoms with Gasteiger partial charge in [0.1, 0.15) is 0 Å². The number of nitrogens with one attached hydrogen (secondary N) is 1. The molecule has 0 bridgehead atoms. The molecule has 31 heavy (non-hydrogen) atoms.